The zero-order valence-electron chi connectivity index (χ0n) is 23.8. The molecule has 21 heteroatoms. The van der Waals surface area contributed by atoms with Crippen LogP contribution < -0.4 is 10.8 Å². The van der Waals surface area contributed by atoms with E-state index in [2.05, 4.69) is 15.2 Å². The van der Waals surface area contributed by atoms with E-state index in [9.17, 15) is 54.1 Å². The van der Waals surface area contributed by atoms with Crippen LogP contribution in [-0.4, -0.2) is 134 Å². The van der Waals surface area contributed by atoms with Gasteiger partial charge in [-0.3, -0.25) is 33.0 Å². The van der Waals surface area contributed by atoms with E-state index in [1.165, 1.54) is 6.92 Å². The second-order valence-electron chi connectivity index (χ2n) is 9.66. The van der Waals surface area contributed by atoms with E-state index in [1.807, 2.05) is 0 Å². The van der Waals surface area contributed by atoms with Crippen LogP contribution in [0.15, 0.2) is 6.33 Å². The zero-order chi connectivity index (χ0) is 33.2. The van der Waals surface area contributed by atoms with Crippen LogP contribution in [0.5, 0.6) is 0 Å². The Balaban J connectivity index is 2.36. The fraction of sp³-hybridized carbons (Fsp3) is 0.696. The van der Waals surface area contributed by atoms with Crippen LogP contribution in [0.4, 0.5) is 0 Å². The van der Waals surface area contributed by atoms with Crippen LogP contribution in [0.3, 0.4) is 0 Å². The van der Waals surface area contributed by atoms with Gasteiger partial charge in [-0.1, -0.05) is 0 Å². The molecule has 44 heavy (non-hydrogen) atoms. The summed E-state index contributed by atoms with van der Waals surface area (Å²) in [6.07, 6.45) is -6.48. The number of nitrogens with zero attached hydrogens (tertiary/aromatic N) is 3. The van der Waals surface area contributed by atoms with Gasteiger partial charge < -0.3 is 40.7 Å². The van der Waals surface area contributed by atoms with E-state index >= 15 is 0 Å². The molecular weight excluding hydrogens is 617 g/mol. The van der Waals surface area contributed by atoms with Crippen LogP contribution in [0.25, 0.3) is 0 Å². The van der Waals surface area contributed by atoms with Crippen molar-refractivity contribution < 1.29 is 72.6 Å². The van der Waals surface area contributed by atoms with Gasteiger partial charge in [0.1, 0.15) is 43.3 Å². The Hall–Kier alpha value is -3.04. The second-order valence-corrected chi connectivity index (χ2v) is 11.4. The first kappa shape index (κ1) is 37.1. The minimum atomic E-state index is -4.82. The Bertz CT molecular complexity index is 1220. The highest BCUT2D eigenvalue weighted by Gasteiger charge is 2.49. The van der Waals surface area contributed by atoms with Gasteiger partial charge in [-0.25, -0.2) is 19.3 Å². The van der Waals surface area contributed by atoms with Crippen molar-refractivity contribution in [2.24, 2.45) is 11.1 Å². The van der Waals surface area contributed by atoms with Crippen molar-refractivity contribution in [3.05, 3.63) is 12.2 Å². The molecule has 0 aromatic carbocycles. The molecule has 248 valence electrons. The number of nitrogens with two attached hydrogens (primary N) is 1. The summed E-state index contributed by atoms with van der Waals surface area (Å²) in [5.74, 6) is -5.15. The zero-order valence-corrected chi connectivity index (χ0v) is 24.7. The van der Waals surface area contributed by atoms with Crippen LogP contribution in [-0.2, 0) is 42.3 Å². The normalized spacial score (nSPS) is 22.2. The first-order valence-corrected chi connectivity index (χ1v) is 14.6. The lowest BCUT2D eigenvalue weighted by Crippen LogP contribution is -2.48. The molecule has 1 aromatic rings. The van der Waals surface area contributed by atoms with Crippen LogP contribution in [0.2, 0.25) is 0 Å². The molecule has 8 N–H and O–H groups in total. The van der Waals surface area contributed by atoms with E-state index in [4.69, 9.17) is 24.3 Å². The average molecular weight is 654 g/mol. The van der Waals surface area contributed by atoms with Crippen molar-refractivity contribution in [2.75, 3.05) is 39.6 Å². The fourth-order valence-electron chi connectivity index (χ4n) is 3.95. The third-order valence-electron chi connectivity index (χ3n) is 6.47. The minimum absolute atomic E-state index is 0.414. The quantitative estimate of drug-likeness (QED) is 0.0402. The number of amides is 1. The summed E-state index contributed by atoms with van der Waals surface area (Å²) in [5.41, 5.74) is 2.74. The second kappa shape index (κ2) is 16.3. The van der Waals surface area contributed by atoms with Crippen molar-refractivity contribution in [3.63, 3.8) is 0 Å². The number of ketones is 3. The number of aliphatic hydroxyl groups is 5. The summed E-state index contributed by atoms with van der Waals surface area (Å²) < 4.78 is 36.0. The lowest BCUT2D eigenvalue weighted by atomic mass is 9.78. The van der Waals surface area contributed by atoms with Crippen molar-refractivity contribution in [2.45, 2.75) is 57.3 Å². The van der Waals surface area contributed by atoms with Gasteiger partial charge in [-0.15, -0.1) is 5.10 Å². The number of hydrogen-bond donors (Lipinski definition) is 7. The van der Waals surface area contributed by atoms with Crippen LogP contribution in [0, 0.1) is 5.41 Å². The van der Waals surface area contributed by atoms with Gasteiger partial charge in [0.2, 0.25) is 5.82 Å². The Morgan fingerprint density at radius 3 is 2.20 bits per heavy atom. The van der Waals surface area contributed by atoms with Crippen molar-refractivity contribution in [3.8, 4) is 0 Å². The Morgan fingerprint density at radius 2 is 1.70 bits per heavy atom. The van der Waals surface area contributed by atoms with E-state index < -0.39 is 131 Å². The number of esters is 1. The van der Waals surface area contributed by atoms with E-state index in [0.717, 1.165) is 17.9 Å². The van der Waals surface area contributed by atoms with Crippen LogP contribution in [0.1, 0.15) is 43.5 Å². The van der Waals surface area contributed by atoms with E-state index in [1.54, 1.807) is 0 Å². The van der Waals surface area contributed by atoms with Crippen molar-refractivity contribution in [1.82, 2.24) is 19.9 Å². The summed E-state index contributed by atoms with van der Waals surface area (Å²) in [6.45, 7) is -3.12. The van der Waals surface area contributed by atoms with Gasteiger partial charge in [0.15, 0.2) is 23.6 Å². The Kier molecular flexibility index (Phi) is 13.8. The SMILES string of the molecule is CC(=O)OCC(COP(=O)(NC(C)C(=O)CO)OC[C@H]1O[C@@H](n2cnc(C(N)=O)n2)C(O)C1O)(C(=O)CCO)C(=O)CCO. The number of ether oxygens (including phenoxy) is 2. The number of nitrogens with one attached hydrogen (secondary N) is 1. The molecule has 1 aliphatic rings. The summed E-state index contributed by atoms with van der Waals surface area (Å²) >= 11 is 0. The lowest BCUT2D eigenvalue weighted by Gasteiger charge is -2.32. The highest BCUT2D eigenvalue weighted by Crippen LogP contribution is 2.47. The number of primary amides is 1. The molecule has 1 aliphatic heterocycles. The van der Waals surface area contributed by atoms with Gasteiger partial charge in [0.05, 0.1) is 32.5 Å². The number of carbonyl (C=O) groups is 5. The number of aliphatic hydroxyl groups excluding tert-OH is 5. The molecule has 0 saturated carbocycles. The highest BCUT2D eigenvalue weighted by atomic mass is 31.2. The minimum Gasteiger partial charge on any atom is -0.464 e. The van der Waals surface area contributed by atoms with E-state index in [-0.39, 0.29) is 0 Å². The molecule has 20 nitrogen and oxygen atoms in total. The third-order valence-corrected chi connectivity index (χ3v) is 8.14. The summed E-state index contributed by atoms with van der Waals surface area (Å²) in [7, 11) is -4.82. The van der Waals surface area contributed by atoms with Gasteiger partial charge in [-0.05, 0) is 6.92 Å². The van der Waals surface area contributed by atoms with Crippen LogP contribution >= 0.6 is 7.75 Å². The molecule has 1 amide bonds. The monoisotopic (exact) mass is 653 g/mol. The molecule has 4 unspecified atom stereocenters. The first-order chi connectivity index (χ1) is 20.6. The maximum atomic E-state index is 13.9. The molecule has 6 atom stereocenters. The maximum Gasteiger partial charge on any atom is 0.406 e. The lowest BCUT2D eigenvalue weighted by molar-refractivity contribution is -0.155. The average Bonchev–Trinajstić information content (AvgIpc) is 3.57. The number of Topliss-reactive ketones (excluding diaryl/α,β-unsaturated/α-hetero) is 3. The molecule has 0 spiro atoms. The molecule has 1 fully saturated rings. The highest BCUT2D eigenvalue weighted by molar-refractivity contribution is 7.51. The van der Waals surface area contributed by atoms with E-state index in [0.29, 0.717) is 0 Å². The topological polar surface area (TPSA) is 309 Å². The standard InChI is InChI=1S/C23H36N5O15P/c1-12(14(33)7-31)27-44(39,42-10-23(9-40-13(2)32,16(34)3-5-29)17(35)4-6-30)41-8-15-18(36)19(37)22(43-15)28-11-25-21(26-28)20(24)38/h11-12,15,18-19,22,29-31,36-37H,3-10H2,1-2H3,(H2,24,38)(H,27,39)/t12?,15-,18?,19?,22-,44?/m1/s1. The van der Waals surface area contributed by atoms with Gasteiger partial charge in [0, 0.05) is 19.8 Å². The number of rotatable bonds is 20. The molecule has 1 saturated heterocycles. The Morgan fingerprint density at radius 1 is 1.09 bits per heavy atom. The number of aromatic nitrogens is 3. The molecule has 2 heterocycles. The smallest absolute Gasteiger partial charge is 0.406 e. The van der Waals surface area contributed by atoms with Gasteiger partial charge in [-0.2, -0.15) is 0 Å². The summed E-state index contributed by atoms with van der Waals surface area (Å²) in [6, 6.07) is -1.40. The number of hydrogen-bond acceptors (Lipinski definition) is 17. The molecule has 0 aliphatic carbocycles. The fourth-order valence-corrected chi connectivity index (χ4v) is 5.52. The first-order valence-electron chi connectivity index (χ1n) is 13.1. The molecular formula is C23H36N5O15P. The number of carbonyl (C=O) groups excluding carboxylic acids is 5. The van der Waals surface area contributed by atoms with Crippen molar-refractivity contribution in [1.29, 1.82) is 0 Å². The molecule has 0 radical (unpaired) electrons. The van der Waals surface area contributed by atoms with Gasteiger partial charge in [0.25, 0.3) is 5.91 Å². The largest absolute Gasteiger partial charge is 0.464 e. The van der Waals surface area contributed by atoms with Crippen molar-refractivity contribution >= 4 is 37.0 Å². The molecule has 1 aromatic heterocycles. The maximum absolute atomic E-state index is 13.9. The predicted octanol–water partition coefficient (Wildman–Crippen LogP) is -3.87. The molecule has 2 rings (SSSR count). The third kappa shape index (κ3) is 9.24. The Labute approximate surface area is 250 Å². The van der Waals surface area contributed by atoms with Gasteiger partial charge >= 0.3 is 13.7 Å². The predicted molar refractivity (Wildman–Crippen MR) is 141 cm³/mol. The summed E-state index contributed by atoms with van der Waals surface area (Å²) in [4.78, 5) is 64.6. The summed E-state index contributed by atoms with van der Waals surface area (Å²) in [5, 5.41) is 54.8. The molecule has 0 bridgehead atoms.